The van der Waals surface area contributed by atoms with Crippen LogP contribution in [0.15, 0.2) is 223 Å². The monoisotopic (exact) mass is 884 g/mol. The van der Waals surface area contributed by atoms with Crippen molar-refractivity contribution in [3.63, 3.8) is 0 Å². The van der Waals surface area contributed by atoms with Gasteiger partial charge in [0.2, 0.25) is 0 Å². The maximum atomic E-state index is 7.20. The average molecular weight is 885 g/mol. The van der Waals surface area contributed by atoms with Crippen LogP contribution in [-0.4, -0.2) is 0 Å². The first-order valence-electron chi connectivity index (χ1n) is 22.9. The van der Waals surface area contributed by atoms with E-state index in [2.05, 4.69) is 218 Å². The fourth-order valence-corrected chi connectivity index (χ4v) is 13.9. The van der Waals surface area contributed by atoms with Crippen LogP contribution in [0.5, 0.6) is 0 Å². The molecule has 12 aromatic carbocycles. The van der Waals surface area contributed by atoms with Crippen LogP contribution in [0.3, 0.4) is 0 Å². The fraction of sp³-hybridized carbons (Fsp3) is 0. The molecule has 0 radical (unpaired) electrons. The Morgan fingerprint density at radius 2 is 0.612 bits per heavy atom. The first kappa shape index (κ1) is 37.2. The normalized spacial score (nSPS) is 12.2. The molecule has 0 aliphatic carbocycles. The molecule has 0 bridgehead atoms. The maximum absolute atomic E-state index is 7.20. The van der Waals surface area contributed by atoms with Crippen molar-refractivity contribution < 1.29 is 4.42 Å². The van der Waals surface area contributed by atoms with E-state index in [-0.39, 0.29) is 0 Å². The Morgan fingerprint density at radius 3 is 1.07 bits per heavy atom. The van der Waals surface area contributed by atoms with Gasteiger partial charge in [0.25, 0.3) is 0 Å². The minimum absolute atomic E-state index is 0.883. The minimum Gasteiger partial charge on any atom is -0.455 e. The molecule has 67 heavy (non-hydrogen) atoms. The van der Waals surface area contributed by atoms with Crippen molar-refractivity contribution in [2.24, 2.45) is 0 Å². The Hall–Kier alpha value is -8.08. The van der Waals surface area contributed by atoms with Gasteiger partial charge in [-0.15, -0.1) is 22.7 Å². The van der Waals surface area contributed by atoms with Crippen LogP contribution in [0.25, 0.3) is 150 Å². The van der Waals surface area contributed by atoms with E-state index in [1.807, 2.05) is 22.7 Å². The Bertz CT molecular complexity index is 4470. The predicted octanol–water partition coefficient (Wildman–Crippen LogP) is 19.6. The second-order valence-electron chi connectivity index (χ2n) is 17.7. The van der Waals surface area contributed by atoms with Crippen LogP contribution >= 0.6 is 22.7 Å². The van der Waals surface area contributed by atoms with Gasteiger partial charge in [0.05, 0.1) is 0 Å². The summed E-state index contributed by atoms with van der Waals surface area (Å²) in [7, 11) is 0. The van der Waals surface area contributed by atoms with Gasteiger partial charge in [-0.1, -0.05) is 194 Å². The lowest BCUT2D eigenvalue weighted by Crippen LogP contribution is -1.91. The first-order valence-corrected chi connectivity index (χ1v) is 24.5. The summed E-state index contributed by atoms with van der Waals surface area (Å²) in [5, 5.41) is 17.4. The summed E-state index contributed by atoms with van der Waals surface area (Å²) < 4.78 is 12.5. The molecule has 0 saturated heterocycles. The molecule has 0 atom stereocenters. The van der Waals surface area contributed by atoms with Gasteiger partial charge in [0.15, 0.2) is 0 Å². The number of hydrogen-bond donors (Lipinski definition) is 0. The summed E-state index contributed by atoms with van der Waals surface area (Å²) in [6, 6.07) is 80.6. The zero-order valence-electron chi connectivity index (χ0n) is 36.0. The Morgan fingerprint density at radius 1 is 0.254 bits per heavy atom. The van der Waals surface area contributed by atoms with Gasteiger partial charge in [-0.25, -0.2) is 0 Å². The van der Waals surface area contributed by atoms with Crippen LogP contribution in [-0.2, 0) is 0 Å². The van der Waals surface area contributed by atoms with E-state index in [4.69, 9.17) is 4.42 Å². The van der Waals surface area contributed by atoms with Crippen LogP contribution < -0.4 is 0 Å². The zero-order valence-corrected chi connectivity index (χ0v) is 37.6. The number of benzene rings is 12. The molecule has 1 nitrogen and oxygen atoms in total. The molecule has 0 aliphatic heterocycles. The number of thiophene rings is 2. The second kappa shape index (κ2) is 14.2. The molecular weight excluding hydrogens is 849 g/mol. The molecule has 15 rings (SSSR count). The average Bonchev–Trinajstić information content (AvgIpc) is 4.09. The number of fused-ring (bicyclic) bond motifs is 13. The third-order valence-electron chi connectivity index (χ3n) is 14.3. The van der Waals surface area contributed by atoms with E-state index in [1.54, 1.807) is 0 Å². The lowest BCUT2D eigenvalue weighted by atomic mass is 9.85. The van der Waals surface area contributed by atoms with Gasteiger partial charge in [-0.3, -0.25) is 0 Å². The molecule has 3 heteroatoms. The lowest BCUT2D eigenvalue weighted by Gasteiger charge is -2.18. The van der Waals surface area contributed by atoms with Crippen LogP contribution in [0.1, 0.15) is 0 Å². The summed E-state index contributed by atoms with van der Waals surface area (Å²) in [4.78, 5) is 0. The van der Waals surface area contributed by atoms with Crippen molar-refractivity contribution in [3.8, 4) is 44.5 Å². The summed E-state index contributed by atoms with van der Waals surface area (Å²) in [5.74, 6) is 0. The molecule has 0 unspecified atom stereocenters. The van der Waals surface area contributed by atoms with E-state index in [0.717, 1.165) is 33.1 Å². The molecule has 0 saturated carbocycles. The van der Waals surface area contributed by atoms with Gasteiger partial charge in [0.1, 0.15) is 11.2 Å². The van der Waals surface area contributed by atoms with E-state index < -0.39 is 0 Å². The smallest absolute Gasteiger partial charge is 0.143 e. The van der Waals surface area contributed by atoms with Crippen molar-refractivity contribution in [1.29, 1.82) is 0 Å². The standard InChI is InChI=1S/C64H36OS2/c1-3-20-43-41(18-1)58(42-19-2-4-21-44(42)60(43)53-30-14-27-50-39-16-9-11-32-56(39)66-63(50)53)37-34-35-38-49-26-13-29-52(62(49)65-55(38)36-37)59-45-22-5-7-24-47(45)61(48-25-8-6-23-46(48)59)54-31-15-28-51-40-17-10-12-33-57(40)67-64(51)54/h1-36H. The number of rotatable bonds is 4. The predicted molar refractivity (Wildman–Crippen MR) is 291 cm³/mol. The summed E-state index contributed by atoms with van der Waals surface area (Å²) >= 11 is 3.78. The summed E-state index contributed by atoms with van der Waals surface area (Å²) in [5.41, 5.74) is 11.6. The number of hydrogen-bond acceptors (Lipinski definition) is 3. The molecule has 0 amide bonds. The molecular formula is C64H36OS2. The van der Waals surface area contributed by atoms with Gasteiger partial charge in [-0.2, -0.15) is 0 Å². The van der Waals surface area contributed by atoms with Gasteiger partial charge in [-0.05, 0) is 89.6 Å². The van der Waals surface area contributed by atoms with Crippen LogP contribution in [0, 0.1) is 0 Å². The molecule has 15 aromatic rings. The Kier molecular flexibility index (Phi) is 7.88. The highest BCUT2D eigenvalue weighted by Crippen LogP contribution is 2.51. The molecule has 3 heterocycles. The molecule has 0 aliphatic rings. The highest BCUT2D eigenvalue weighted by Gasteiger charge is 2.24. The third kappa shape index (κ3) is 5.30. The number of furan rings is 1. The quantitative estimate of drug-likeness (QED) is 0.161. The fourth-order valence-electron chi connectivity index (χ4n) is 11.5. The van der Waals surface area contributed by atoms with Crippen molar-refractivity contribution in [2.75, 3.05) is 0 Å². The van der Waals surface area contributed by atoms with Crippen molar-refractivity contribution >= 4 is 128 Å². The molecule has 0 spiro atoms. The Balaban J connectivity index is 0.954. The number of para-hydroxylation sites is 1. The second-order valence-corrected chi connectivity index (χ2v) is 19.8. The summed E-state index contributed by atoms with van der Waals surface area (Å²) in [6.07, 6.45) is 0. The minimum atomic E-state index is 0.883. The first-order chi connectivity index (χ1) is 33.3. The van der Waals surface area contributed by atoms with Crippen LogP contribution in [0.4, 0.5) is 0 Å². The van der Waals surface area contributed by atoms with Crippen LogP contribution in [0.2, 0.25) is 0 Å². The molecule has 0 N–H and O–H groups in total. The topological polar surface area (TPSA) is 13.1 Å². The molecule has 3 aromatic heterocycles. The lowest BCUT2D eigenvalue weighted by molar-refractivity contribution is 0.670. The zero-order chi connectivity index (χ0) is 43.7. The Labute approximate surface area is 393 Å². The molecule has 0 fully saturated rings. The highest BCUT2D eigenvalue weighted by atomic mass is 32.1. The van der Waals surface area contributed by atoms with E-state index in [1.165, 1.54) is 117 Å². The third-order valence-corrected chi connectivity index (χ3v) is 16.7. The van der Waals surface area contributed by atoms with E-state index >= 15 is 0 Å². The highest BCUT2D eigenvalue weighted by molar-refractivity contribution is 7.26. The van der Waals surface area contributed by atoms with Crippen molar-refractivity contribution in [2.45, 2.75) is 0 Å². The van der Waals surface area contributed by atoms with Gasteiger partial charge >= 0.3 is 0 Å². The van der Waals surface area contributed by atoms with Gasteiger partial charge in [0, 0.05) is 73.4 Å². The van der Waals surface area contributed by atoms with E-state index in [9.17, 15) is 0 Å². The SMILES string of the molecule is c1ccc2c(c1)sc1c(-c3c4ccccc4c(-c4ccc5c(c4)oc4c(-c6c7ccccc7c(-c7cccc8c7sc7ccccc78)c7ccccc67)cccc45)c4ccccc34)cccc12. The summed E-state index contributed by atoms with van der Waals surface area (Å²) in [6.45, 7) is 0. The van der Waals surface area contributed by atoms with Crippen molar-refractivity contribution in [1.82, 2.24) is 0 Å². The largest absolute Gasteiger partial charge is 0.455 e. The van der Waals surface area contributed by atoms with Crippen molar-refractivity contribution in [3.05, 3.63) is 218 Å². The van der Waals surface area contributed by atoms with E-state index in [0.29, 0.717) is 0 Å². The van der Waals surface area contributed by atoms with Gasteiger partial charge < -0.3 is 4.42 Å². The molecule has 310 valence electrons. The maximum Gasteiger partial charge on any atom is 0.143 e.